The van der Waals surface area contributed by atoms with E-state index in [-0.39, 0.29) is 16.8 Å². The van der Waals surface area contributed by atoms with Gasteiger partial charge in [0.05, 0.1) is 18.1 Å². The summed E-state index contributed by atoms with van der Waals surface area (Å²) in [7, 11) is -3.51. The van der Waals surface area contributed by atoms with Gasteiger partial charge in [-0.25, -0.2) is 8.42 Å². The lowest BCUT2D eigenvalue weighted by Gasteiger charge is -2.26. The highest BCUT2D eigenvalue weighted by Gasteiger charge is 2.26. The van der Waals surface area contributed by atoms with Crippen molar-refractivity contribution in [2.75, 3.05) is 26.3 Å². The van der Waals surface area contributed by atoms with Crippen LogP contribution in [0.1, 0.15) is 37.0 Å². The monoisotopic (exact) mass is 340 g/mol. The van der Waals surface area contributed by atoms with Gasteiger partial charge in [0.15, 0.2) is 0 Å². The number of amides is 1. The summed E-state index contributed by atoms with van der Waals surface area (Å²) >= 11 is 0. The van der Waals surface area contributed by atoms with Gasteiger partial charge in [-0.15, -0.1) is 0 Å². The Morgan fingerprint density at radius 3 is 2.43 bits per heavy atom. The SMILES string of the molecule is CCC[C@@H](C)NC(=O)c1ccc(S(=O)(=O)N2CCOCC2)cc1. The Morgan fingerprint density at radius 2 is 1.87 bits per heavy atom. The van der Waals surface area contributed by atoms with Crippen LogP contribution in [0.3, 0.4) is 0 Å². The minimum absolute atomic E-state index is 0.101. The van der Waals surface area contributed by atoms with Gasteiger partial charge >= 0.3 is 0 Å². The van der Waals surface area contributed by atoms with E-state index >= 15 is 0 Å². The quantitative estimate of drug-likeness (QED) is 0.854. The van der Waals surface area contributed by atoms with Gasteiger partial charge in [0.1, 0.15) is 0 Å². The summed E-state index contributed by atoms with van der Waals surface area (Å²) in [5.74, 6) is -0.179. The van der Waals surface area contributed by atoms with Crippen molar-refractivity contribution < 1.29 is 17.9 Å². The average molecular weight is 340 g/mol. The zero-order valence-corrected chi connectivity index (χ0v) is 14.4. The molecule has 0 spiro atoms. The Labute approximate surface area is 137 Å². The van der Waals surface area contributed by atoms with E-state index in [9.17, 15) is 13.2 Å². The molecule has 0 radical (unpaired) electrons. The first-order chi connectivity index (χ1) is 10.9. The summed E-state index contributed by atoms with van der Waals surface area (Å²) in [5.41, 5.74) is 0.467. The summed E-state index contributed by atoms with van der Waals surface area (Å²) in [5, 5.41) is 2.90. The van der Waals surface area contributed by atoms with E-state index in [1.165, 1.54) is 16.4 Å². The first-order valence-electron chi connectivity index (χ1n) is 7.94. The van der Waals surface area contributed by atoms with Gasteiger partial charge in [0.2, 0.25) is 10.0 Å². The molecule has 1 aromatic carbocycles. The molecule has 1 heterocycles. The molecule has 7 heteroatoms. The van der Waals surface area contributed by atoms with E-state index in [0.717, 1.165) is 12.8 Å². The fourth-order valence-corrected chi connectivity index (χ4v) is 3.93. The highest BCUT2D eigenvalue weighted by molar-refractivity contribution is 7.89. The average Bonchev–Trinajstić information content (AvgIpc) is 2.56. The Kier molecular flexibility index (Phi) is 6.15. The number of nitrogens with zero attached hydrogens (tertiary/aromatic N) is 1. The van der Waals surface area contributed by atoms with Crippen LogP contribution in [-0.4, -0.2) is 51.0 Å². The number of morpholine rings is 1. The maximum Gasteiger partial charge on any atom is 0.251 e. The second kappa shape index (κ2) is 7.90. The normalized spacial score (nSPS) is 17.7. The van der Waals surface area contributed by atoms with E-state index < -0.39 is 10.0 Å². The van der Waals surface area contributed by atoms with Crippen LogP contribution >= 0.6 is 0 Å². The topological polar surface area (TPSA) is 75.7 Å². The second-order valence-corrected chi connectivity index (χ2v) is 7.64. The molecular weight excluding hydrogens is 316 g/mol. The summed E-state index contributed by atoms with van der Waals surface area (Å²) in [6.45, 7) is 5.56. The van der Waals surface area contributed by atoms with Crippen molar-refractivity contribution in [3.63, 3.8) is 0 Å². The molecule has 1 aliphatic rings. The van der Waals surface area contributed by atoms with E-state index in [4.69, 9.17) is 4.74 Å². The first kappa shape index (κ1) is 17.9. The highest BCUT2D eigenvalue weighted by Crippen LogP contribution is 2.17. The number of benzene rings is 1. The smallest absolute Gasteiger partial charge is 0.251 e. The summed E-state index contributed by atoms with van der Waals surface area (Å²) in [4.78, 5) is 12.3. The van der Waals surface area contributed by atoms with Gasteiger partial charge in [-0.05, 0) is 37.6 Å². The summed E-state index contributed by atoms with van der Waals surface area (Å²) < 4.78 is 31.6. The van der Waals surface area contributed by atoms with Crippen molar-refractivity contribution in [2.24, 2.45) is 0 Å². The molecule has 1 fully saturated rings. The number of rotatable bonds is 6. The van der Waals surface area contributed by atoms with Crippen molar-refractivity contribution in [1.82, 2.24) is 9.62 Å². The van der Waals surface area contributed by atoms with Gasteiger partial charge in [-0.1, -0.05) is 13.3 Å². The molecule has 1 aliphatic heterocycles. The van der Waals surface area contributed by atoms with Crippen molar-refractivity contribution in [3.05, 3.63) is 29.8 Å². The number of ether oxygens (including phenoxy) is 1. The number of sulfonamides is 1. The Bertz CT molecular complexity index is 622. The lowest BCUT2D eigenvalue weighted by Crippen LogP contribution is -2.40. The van der Waals surface area contributed by atoms with Crippen LogP contribution in [0, 0.1) is 0 Å². The minimum atomic E-state index is -3.51. The maximum atomic E-state index is 12.5. The summed E-state index contributed by atoms with van der Waals surface area (Å²) in [6.07, 6.45) is 1.91. The van der Waals surface area contributed by atoms with Crippen molar-refractivity contribution >= 4 is 15.9 Å². The van der Waals surface area contributed by atoms with Crippen LogP contribution in [0.15, 0.2) is 29.2 Å². The van der Waals surface area contributed by atoms with Crippen molar-refractivity contribution in [3.8, 4) is 0 Å². The van der Waals surface area contributed by atoms with Crippen LogP contribution < -0.4 is 5.32 Å². The predicted octanol–water partition coefficient (Wildman–Crippen LogP) is 1.63. The third kappa shape index (κ3) is 4.53. The molecule has 0 unspecified atom stereocenters. The molecule has 1 atom stereocenters. The molecular formula is C16H24N2O4S. The van der Waals surface area contributed by atoms with E-state index in [0.29, 0.717) is 31.9 Å². The Morgan fingerprint density at radius 1 is 1.26 bits per heavy atom. The Hall–Kier alpha value is -1.44. The molecule has 23 heavy (non-hydrogen) atoms. The zero-order chi connectivity index (χ0) is 16.9. The van der Waals surface area contributed by atoms with Crippen molar-refractivity contribution in [2.45, 2.75) is 37.6 Å². The molecule has 128 valence electrons. The number of carbonyl (C=O) groups is 1. The molecule has 1 amide bonds. The molecule has 0 bridgehead atoms. The molecule has 1 N–H and O–H groups in total. The van der Waals surface area contributed by atoms with Gasteiger partial charge in [0, 0.05) is 24.7 Å². The molecule has 1 saturated heterocycles. The lowest BCUT2D eigenvalue weighted by atomic mass is 10.1. The maximum absolute atomic E-state index is 12.5. The number of hydrogen-bond acceptors (Lipinski definition) is 4. The predicted molar refractivity (Wildman–Crippen MR) is 87.9 cm³/mol. The van der Waals surface area contributed by atoms with Crippen LogP contribution in [0.25, 0.3) is 0 Å². The van der Waals surface area contributed by atoms with Crippen LogP contribution in [-0.2, 0) is 14.8 Å². The standard InChI is InChI=1S/C16H24N2O4S/c1-3-4-13(2)17-16(19)14-5-7-15(8-6-14)23(20,21)18-9-11-22-12-10-18/h5-8,13H,3-4,9-12H2,1-2H3,(H,17,19)/t13-/m1/s1. The highest BCUT2D eigenvalue weighted by atomic mass is 32.2. The number of hydrogen-bond donors (Lipinski definition) is 1. The molecule has 6 nitrogen and oxygen atoms in total. The summed E-state index contributed by atoms with van der Waals surface area (Å²) in [6, 6.07) is 6.20. The minimum Gasteiger partial charge on any atom is -0.379 e. The van der Waals surface area contributed by atoms with E-state index in [1.807, 2.05) is 6.92 Å². The van der Waals surface area contributed by atoms with Gasteiger partial charge < -0.3 is 10.1 Å². The molecule has 0 aliphatic carbocycles. The van der Waals surface area contributed by atoms with Gasteiger partial charge in [0.25, 0.3) is 5.91 Å². The molecule has 0 aromatic heterocycles. The third-order valence-corrected chi connectivity index (χ3v) is 5.74. The fourth-order valence-electron chi connectivity index (χ4n) is 2.53. The van der Waals surface area contributed by atoms with Crippen LogP contribution in [0.2, 0.25) is 0 Å². The molecule has 0 saturated carbocycles. The third-order valence-electron chi connectivity index (χ3n) is 3.82. The fraction of sp³-hybridized carbons (Fsp3) is 0.562. The molecule has 1 aromatic rings. The number of nitrogens with one attached hydrogen (secondary N) is 1. The van der Waals surface area contributed by atoms with Gasteiger partial charge in [-0.2, -0.15) is 4.31 Å². The van der Waals surface area contributed by atoms with Gasteiger partial charge in [-0.3, -0.25) is 4.79 Å². The zero-order valence-electron chi connectivity index (χ0n) is 13.6. The number of carbonyl (C=O) groups excluding carboxylic acids is 1. The van der Waals surface area contributed by atoms with Crippen LogP contribution in [0.4, 0.5) is 0 Å². The first-order valence-corrected chi connectivity index (χ1v) is 9.38. The largest absolute Gasteiger partial charge is 0.379 e. The second-order valence-electron chi connectivity index (χ2n) is 5.70. The lowest BCUT2D eigenvalue weighted by molar-refractivity contribution is 0.0730. The van der Waals surface area contributed by atoms with Crippen LogP contribution in [0.5, 0.6) is 0 Å². The van der Waals surface area contributed by atoms with E-state index in [1.54, 1.807) is 12.1 Å². The van der Waals surface area contributed by atoms with E-state index in [2.05, 4.69) is 12.2 Å². The Balaban J connectivity index is 2.08. The van der Waals surface area contributed by atoms with Crippen molar-refractivity contribution in [1.29, 1.82) is 0 Å². The molecule has 2 rings (SSSR count).